The van der Waals surface area contributed by atoms with E-state index in [9.17, 15) is 9.59 Å². The van der Waals surface area contributed by atoms with Gasteiger partial charge >= 0.3 is 0 Å². The molecule has 0 unspecified atom stereocenters. The average Bonchev–Trinajstić information content (AvgIpc) is 3.29. The molecule has 7 heteroatoms. The molecule has 4 rings (SSSR count). The molecule has 2 amide bonds. The van der Waals surface area contributed by atoms with Crippen LogP contribution in [0.5, 0.6) is 5.75 Å². The molecule has 28 heavy (non-hydrogen) atoms. The summed E-state index contributed by atoms with van der Waals surface area (Å²) >= 11 is 0. The Morgan fingerprint density at radius 1 is 0.964 bits per heavy atom. The zero-order valence-electron chi connectivity index (χ0n) is 15.8. The van der Waals surface area contributed by atoms with Gasteiger partial charge in [0, 0.05) is 50.8 Å². The van der Waals surface area contributed by atoms with E-state index in [1.54, 1.807) is 12.3 Å². The molecule has 1 N–H and O–H groups in total. The summed E-state index contributed by atoms with van der Waals surface area (Å²) in [6, 6.07) is 11.0. The number of nitrogens with one attached hydrogen (secondary N) is 1. The predicted octanol–water partition coefficient (Wildman–Crippen LogP) is 2.17. The van der Waals surface area contributed by atoms with Gasteiger partial charge in [-0.1, -0.05) is 6.07 Å². The molecule has 2 fully saturated rings. The number of hydrogen-bond donors (Lipinski definition) is 1. The molecule has 0 saturated carbocycles. The summed E-state index contributed by atoms with van der Waals surface area (Å²) in [5.41, 5.74) is 1.26. The number of nitrogens with zero attached hydrogens (tertiary/aromatic N) is 2. The number of carbonyl (C=O) groups excluding carboxylic acids is 2. The lowest BCUT2D eigenvalue weighted by Crippen LogP contribution is -2.42. The van der Waals surface area contributed by atoms with E-state index >= 15 is 0 Å². The maximum atomic E-state index is 12.6. The molecular formula is C21H25N3O4. The lowest BCUT2D eigenvalue weighted by Gasteiger charge is -2.32. The van der Waals surface area contributed by atoms with Gasteiger partial charge in [0.1, 0.15) is 17.5 Å². The molecule has 0 bridgehead atoms. The summed E-state index contributed by atoms with van der Waals surface area (Å²) in [6.45, 7) is 3.74. The highest BCUT2D eigenvalue weighted by Gasteiger charge is 2.25. The number of aromatic nitrogens is 1. The lowest BCUT2D eigenvalue weighted by molar-refractivity contribution is 0.0302. The van der Waals surface area contributed by atoms with Gasteiger partial charge in [0.15, 0.2) is 0 Å². The molecule has 0 aliphatic carbocycles. The number of hydrogen-bond acceptors (Lipinski definition) is 4. The summed E-state index contributed by atoms with van der Waals surface area (Å²) in [4.78, 5) is 31.7. The largest absolute Gasteiger partial charge is 0.490 e. The van der Waals surface area contributed by atoms with E-state index in [0.29, 0.717) is 56.4 Å². The quantitative estimate of drug-likeness (QED) is 0.878. The highest BCUT2D eigenvalue weighted by atomic mass is 16.5. The van der Waals surface area contributed by atoms with Crippen LogP contribution in [0.3, 0.4) is 0 Å². The Balaban J connectivity index is 1.33. The second-order valence-electron chi connectivity index (χ2n) is 7.13. The van der Waals surface area contributed by atoms with Crippen molar-refractivity contribution >= 4 is 11.8 Å². The minimum atomic E-state index is 0.0140. The Labute approximate surface area is 164 Å². The number of likely N-dealkylation sites (tertiary alicyclic amines) is 1. The predicted molar refractivity (Wildman–Crippen MR) is 104 cm³/mol. The number of ether oxygens (including phenoxy) is 2. The van der Waals surface area contributed by atoms with Crippen molar-refractivity contribution in [3.05, 3.63) is 53.9 Å². The van der Waals surface area contributed by atoms with Gasteiger partial charge in [-0.2, -0.15) is 0 Å². The van der Waals surface area contributed by atoms with E-state index in [1.807, 2.05) is 40.1 Å². The van der Waals surface area contributed by atoms with Crippen molar-refractivity contribution in [2.75, 3.05) is 39.4 Å². The molecule has 1 aromatic heterocycles. The fraction of sp³-hybridized carbons (Fsp3) is 0.429. The first-order chi connectivity index (χ1) is 13.7. The minimum absolute atomic E-state index is 0.0140. The van der Waals surface area contributed by atoms with Gasteiger partial charge < -0.3 is 24.3 Å². The van der Waals surface area contributed by atoms with Gasteiger partial charge in [-0.15, -0.1) is 0 Å². The number of piperidine rings is 1. The Hall–Kier alpha value is -2.80. The van der Waals surface area contributed by atoms with Crippen molar-refractivity contribution in [1.29, 1.82) is 0 Å². The fourth-order valence-corrected chi connectivity index (χ4v) is 3.65. The summed E-state index contributed by atoms with van der Waals surface area (Å²) in [5.74, 6) is 0.745. The number of amides is 2. The van der Waals surface area contributed by atoms with Crippen molar-refractivity contribution < 1.29 is 19.1 Å². The first kappa shape index (κ1) is 18.6. The Kier molecular flexibility index (Phi) is 5.62. The van der Waals surface area contributed by atoms with Crippen LogP contribution in [0.2, 0.25) is 0 Å². The van der Waals surface area contributed by atoms with Crippen molar-refractivity contribution in [1.82, 2.24) is 14.8 Å². The maximum absolute atomic E-state index is 12.6. The average molecular weight is 383 g/mol. The summed E-state index contributed by atoms with van der Waals surface area (Å²) < 4.78 is 11.4. The van der Waals surface area contributed by atoms with Crippen molar-refractivity contribution in [3.63, 3.8) is 0 Å². The molecule has 1 aromatic carbocycles. The van der Waals surface area contributed by atoms with Crippen LogP contribution in [-0.2, 0) is 4.74 Å². The first-order valence-electron chi connectivity index (χ1n) is 9.77. The van der Waals surface area contributed by atoms with Crippen LogP contribution >= 0.6 is 0 Å². The van der Waals surface area contributed by atoms with E-state index in [1.165, 1.54) is 0 Å². The van der Waals surface area contributed by atoms with Gasteiger partial charge in [0.2, 0.25) is 0 Å². The van der Waals surface area contributed by atoms with Crippen LogP contribution in [0.25, 0.3) is 0 Å². The molecular weight excluding hydrogens is 358 g/mol. The molecule has 2 saturated heterocycles. The SMILES string of the molecule is O=C(c1cccc(OC2CCN(C(=O)c3ccc[nH]3)CC2)c1)N1CCOCC1. The van der Waals surface area contributed by atoms with E-state index < -0.39 is 0 Å². The molecule has 0 spiro atoms. The topological polar surface area (TPSA) is 74.9 Å². The van der Waals surface area contributed by atoms with Gasteiger partial charge in [0.25, 0.3) is 11.8 Å². The molecule has 148 valence electrons. The van der Waals surface area contributed by atoms with Crippen molar-refractivity contribution in [2.24, 2.45) is 0 Å². The smallest absolute Gasteiger partial charge is 0.270 e. The van der Waals surface area contributed by atoms with E-state index in [4.69, 9.17) is 9.47 Å². The van der Waals surface area contributed by atoms with Crippen molar-refractivity contribution in [2.45, 2.75) is 18.9 Å². The second-order valence-corrected chi connectivity index (χ2v) is 7.13. The number of carbonyl (C=O) groups is 2. The molecule has 7 nitrogen and oxygen atoms in total. The highest BCUT2D eigenvalue weighted by molar-refractivity contribution is 5.94. The van der Waals surface area contributed by atoms with Crippen LogP contribution in [0.15, 0.2) is 42.6 Å². The third kappa shape index (κ3) is 4.20. The standard InChI is InChI=1S/C21H25N3O4/c25-20(24-11-13-27-14-12-24)16-3-1-4-18(15-16)28-17-6-9-23(10-7-17)21(26)19-5-2-8-22-19/h1-5,8,15,17,22H,6-7,9-14H2. The minimum Gasteiger partial charge on any atom is -0.490 e. The number of morpholine rings is 1. The number of aromatic amines is 1. The van der Waals surface area contributed by atoms with Crippen LogP contribution in [0.4, 0.5) is 0 Å². The molecule has 0 radical (unpaired) electrons. The van der Waals surface area contributed by atoms with Gasteiger partial charge in [0.05, 0.1) is 13.2 Å². The van der Waals surface area contributed by atoms with Crippen molar-refractivity contribution in [3.8, 4) is 5.75 Å². The third-order valence-corrected chi connectivity index (χ3v) is 5.24. The summed E-state index contributed by atoms with van der Waals surface area (Å²) in [7, 11) is 0. The van der Waals surface area contributed by atoms with Crippen LogP contribution in [0.1, 0.15) is 33.7 Å². The molecule has 2 aliphatic rings. The van der Waals surface area contributed by atoms with Gasteiger partial charge in [-0.05, 0) is 30.3 Å². The number of H-pyrrole nitrogens is 1. The van der Waals surface area contributed by atoms with E-state index in [2.05, 4.69) is 4.98 Å². The summed E-state index contributed by atoms with van der Waals surface area (Å²) in [6.07, 6.45) is 3.35. The third-order valence-electron chi connectivity index (χ3n) is 5.24. The zero-order valence-corrected chi connectivity index (χ0v) is 15.8. The van der Waals surface area contributed by atoms with E-state index in [-0.39, 0.29) is 17.9 Å². The first-order valence-corrected chi connectivity index (χ1v) is 9.77. The Morgan fingerprint density at radius 2 is 1.71 bits per heavy atom. The molecule has 0 atom stereocenters. The lowest BCUT2D eigenvalue weighted by atomic mass is 10.1. The number of benzene rings is 1. The zero-order chi connectivity index (χ0) is 19.3. The maximum Gasteiger partial charge on any atom is 0.270 e. The van der Waals surface area contributed by atoms with Crippen LogP contribution in [0, 0.1) is 0 Å². The summed E-state index contributed by atoms with van der Waals surface area (Å²) in [5, 5.41) is 0. The van der Waals surface area contributed by atoms with Crippen LogP contribution < -0.4 is 4.74 Å². The molecule has 2 aromatic rings. The molecule has 3 heterocycles. The van der Waals surface area contributed by atoms with E-state index in [0.717, 1.165) is 12.8 Å². The molecule has 2 aliphatic heterocycles. The second kappa shape index (κ2) is 8.48. The Bertz CT molecular complexity index is 807. The fourth-order valence-electron chi connectivity index (χ4n) is 3.65. The van der Waals surface area contributed by atoms with Gasteiger partial charge in [-0.3, -0.25) is 9.59 Å². The normalized spacial score (nSPS) is 18.1. The monoisotopic (exact) mass is 383 g/mol. The highest BCUT2D eigenvalue weighted by Crippen LogP contribution is 2.22. The van der Waals surface area contributed by atoms with Gasteiger partial charge in [-0.25, -0.2) is 0 Å². The number of rotatable bonds is 4. The Morgan fingerprint density at radius 3 is 2.43 bits per heavy atom. The van der Waals surface area contributed by atoms with Crippen LogP contribution in [-0.4, -0.2) is 72.1 Å².